The van der Waals surface area contributed by atoms with Gasteiger partial charge in [0.25, 0.3) is 0 Å². The van der Waals surface area contributed by atoms with E-state index in [9.17, 15) is 9.59 Å². The van der Waals surface area contributed by atoms with Crippen LogP contribution in [0.15, 0.2) is 0 Å². The van der Waals surface area contributed by atoms with Crippen molar-refractivity contribution in [2.75, 3.05) is 6.61 Å². The Bertz CT molecular complexity index is 403. The largest absolute Gasteiger partial charge is 0.462 e. The van der Waals surface area contributed by atoms with Crippen LogP contribution in [-0.2, 0) is 19.1 Å². The van der Waals surface area contributed by atoms with Crippen molar-refractivity contribution < 1.29 is 19.1 Å². The van der Waals surface area contributed by atoms with E-state index in [-0.39, 0.29) is 35.5 Å². The summed E-state index contributed by atoms with van der Waals surface area (Å²) in [6.07, 6.45) is 5.77. The van der Waals surface area contributed by atoms with Gasteiger partial charge in [-0.25, -0.2) is 0 Å². The van der Waals surface area contributed by atoms with Gasteiger partial charge in [0.1, 0.15) is 6.10 Å². The van der Waals surface area contributed by atoms with Crippen molar-refractivity contribution in [2.45, 2.75) is 84.0 Å². The van der Waals surface area contributed by atoms with E-state index in [2.05, 4.69) is 5.32 Å². The monoisotopic (exact) mass is 311 g/mol. The molecule has 0 aliphatic heterocycles. The fourth-order valence-corrected chi connectivity index (χ4v) is 3.55. The molecule has 0 radical (unpaired) electrons. The molecule has 2 aliphatic carbocycles. The lowest BCUT2D eigenvalue weighted by molar-refractivity contribution is -0.238. The predicted octanol–water partition coefficient (Wildman–Crippen LogP) is 2.57. The van der Waals surface area contributed by atoms with Crippen LogP contribution in [0.4, 0.5) is 0 Å². The summed E-state index contributed by atoms with van der Waals surface area (Å²) in [4.78, 5) is 23.5. The lowest BCUT2D eigenvalue weighted by Gasteiger charge is -2.59. The number of rotatable bonds is 8. The van der Waals surface area contributed by atoms with Crippen LogP contribution in [0.5, 0.6) is 0 Å². The maximum absolute atomic E-state index is 11.9. The van der Waals surface area contributed by atoms with Crippen LogP contribution in [0.25, 0.3) is 0 Å². The second-order valence-electron chi connectivity index (χ2n) is 6.82. The summed E-state index contributed by atoms with van der Waals surface area (Å²) in [5.74, 6) is -0.179. The van der Waals surface area contributed by atoms with E-state index in [0.29, 0.717) is 19.3 Å². The second-order valence-corrected chi connectivity index (χ2v) is 6.82. The third-order valence-corrected chi connectivity index (χ3v) is 4.87. The molecule has 0 aromatic carbocycles. The maximum Gasteiger partial charge on any atom is 0.306 e. The van der Waals surface area contributed by atoms with Crippen molar-refractivity contribution in [1.29, 1.82) is 0 Å². The molecule has 1 amide bonds. The Morgan fingerprint density at radius 1 is 1.23 bits per heavy atom. The Kier molecular flexibility index (Phi) is 5.84. The van der Waals surface area contributed by atoms with Gasteiger partial charge in [-0.1, -0.05) is 6.42 Å². The van der Waals surface area contributed by atoms with Crippen LogP contribution in [0.1, 0.15) is 65.7 Å². The second kappa shape index (κ2) is 7.44. The third-order valence-electron chi connectivity index (χ3n) is 4.87. The van der Waals surface area contributed by atoms with E-state index in [0.717, 1.165) is 25.9 Å². The van der Waals surface area contributed by atoms with Gasteiger partial charge in [0.2, 0.25) is 5.91 Å². The first-order valence-electron chi connectivity index (χ1n) is 8.58. The summed E-state index contributed by atoms with van der Waals surface area (Å²) in [7, 11) is 0. The van der Waals surface area contributed by atoms with Crippen LogP contribution < -0.4 is 5.32 Å². The zero-order valence-corrected chi connectivity index (χ0v) is 14.0. The highest BCUT2D eigenvalue weighted by molar-refractivity contribution is 5.77. The predicted molar refractivity (Wildman–Crippen MR) is 83.3 cm³/mol. The van der Waals surface area contributed by atoms with Gasteiger partial charge < -0.3 is 14.8 Å². The number of carbonyl (C=O) groups is 2. The Hall–Kier alpha value is -1.10. The fourth-order valence-electron chi connectivity index (χ4n) is 3.55. The fraction of sp³-hybridized carbons (Fsp3) is 0.882. The zero-order chi connectivity index (χ0) is 16.2. The number of carbonyl (C=O) groups excluding carboxylic acids is 2. The normalized spacial score (nSPS) is 25.5. The van der Waals surface area contributed by atoms with Crippen molar-refractivity contribution in [3.63, 3.8) is 0 Å². The van der Waals surface area contributed by atoms with E-state index in [1.54, 1.807) is 0 Å². The molecule has 2 fully saturated rings. The molecular formula is C17H29NO4. The highest BCUT2D eigenvalue weighted by Crippen LogP contribution is 2.58. The molecule has 22 heavy (non-hydrogen) atoms. The van der Waals surface area contributed by atoms with Crippen LogP contribution >= 0.6 is 0 Å². The number of amides is 1. The molecule has 2 aliphatic rings. The van der Waals surface area contributed by atoms with E-state index in [1.807, 2.05) is 20.8 Å². The minimum Gasteiger partial charge on any atom is -0.462 e. The van der Waals surface area contributed by atoms with Gasteiger partial charge in [-0.2, -0.15) is 0 Å². The van der Waals surface area contributed by atoms with E-state index < -0.39 is 0 Å². The first-order chi connectivity index (χ1) is 10.5. The van der Waals surface area contributed by atoms with E-state index in [4.69, 9.17) is 9.47 Å². The van der Waals surface area contributed by atoms with Gasteiger partial charge in [-0.3, -0.25) is 9.59 Å². The molecule has 0 unspecified atom stereocenters. The van der Waals surface area contributed by atoms with Gasteiger partial charge in [0.15, 0.2) is 0 Å². The minimum absolute atomic E-state index is 0.00156. The summed E-state index contributed by atoms with van der Waals surface area (Å²) >= 11 is 0. The molecule has 1 N–H and O–H groups in total. The first kappa shape index (κ1) is 17.3. The maximum atomic E-state index is 11.9. The zero-order valence-electron chi connectivity index (χ0n) is 14.0. The molecule has 0 bridgehead atoms. The van der Waals surface area contributed by atoms with Gasteiger partial charge in [0, 0.05) is 37.3 Å². The molecule has 0 aromatic heterocycles. The number of esters is 1. The molecule has 1 spiro atoms. The molecule has 5 heteroatoms. The van der Waals surface area contributed by atoms with Crippen molar-refractivity contribution in [3.8, 4) is 0 Å². The number of hydrogen-bond donors (Lipinski definition) is 1. The van der Waals surface area contributed by atoms with Crippen LogP contribution in [0.2, 0.25) is 0 Å². The number of ether oxygens (including phenoxy) is 2. The lowest BCUT2D eigenvalue weighted by atomic mass is 9.52. The van der Waals surface area contributed by atoms with Crippen LogP contribution in [0.3, 0.4) is 0 Å². The molecule has 0 aromatic rings. The Labute approximate surface area is 133 Å². The van der Waals surface area contributed by atoms with Gasteiger partial charge in [0.05, 0.1) is 6.10 Å². The van der Waals surface area contributed by atoms with Gasteiger partial charge >= 0.3 is 5.97 Å². The Morgan fingerprint density at radius 2 is 1.95 bits per heavy atom. The Balaban J connectivity index is 1.67. The van der Waals surface area contributed by atoms with E-state index >= 15 is 0 Å². The molecule has 126 valence electrons. The van der Waals surface area contributed by atoms with Gasteiger partial charge in [-0.15, -0.1) is 0 Å². The van der Waals surface area contributed by atoms with Crippen LogP contribution in [0, 0.1) is 5.41 Å². The summed E-state index contributed by atoms with van der Waals surface area (Å²) in [6, 6.07) is 0.142. The molecular weight excluding hydrogens is 282 g/mol. The number of nitrogens with one attached hydrogen (secondary N) is 1. The Morgan fingerprint density at radius 3 is 2.50 bits per heavy atom. The van der Waals surface area contributed by atoms with Gasteiger partial charge in [-0.05, 0) is 40.0 Å². The standard InChI is InChI=1S/C17H29NO4/c1-4-21-13-11-14(17(13)9-6-10-17)22-16(20)8-5-7-15(19)18-12(2)3/h12-14H,4-11H2,1-3H3,(H,18,19)/t13-,14+/m0/s1. The summed E-state index contributed by atoms with van der Waals surface area (Å²) in [5.41, 5.74) is 0.0979. The highest BCUT2D eigenvalue weighted by atomic mass is 16.6. The van der Waals surface area contributed by atoms with E-state index in [1.165, 1.54) is 6.42 Å². The third kappa shape index (κ3) is 3.80. The quantitative estimate of drug-likeness (QED) is 0.700. The SMILES string of the molecule is CCO[C@H]1C[C@@H](OC(=O)CCCC(=O)NC(C)C)C12CCC2. The smallest absolute Gasteiger partial charge is 0.306 e. The topological polar surface area (TPSA) is 64.6 Å². The first-order valence-corrected chi connectivity index (χ1v) is 8.58. The average Bonchev–Trinajstić information content (AvgIpc) is 2.34. The lowest BCUT2D eigenvalue weighted by Crippen LogP contribution is -2.63. The molecule has 2 atom stereocenters. The molecule has 0 saturated heterocycles. The van der Waals surface area contributed by atoms with Crippen LogP contribution in [-0.4, -0.2) is 36.7 Å². The summed E-state index contributed by atoms with van der Waals surface area (Å²) < 4.78 is 11.4. The number of hydrogen-bond acceptors (Lipinski definition) is 4. The van der Waals surface area contributed by atoms with Crippen molar-refractivity contribution in [3.05, 3.63) is 0 Å². The van der Waals surface area contributed by atoms with Crippen molar-refractivity contribution >= 4 is 11.9 Å². The average molecular weight is 311 g/mol. The summed E-state index contributed by atoms with van der Waals surface area (Å²) in [6.45, 7) is 6.58. The van der Waals surface area contributed by atoms with Crippen molar-refractivity contribution in [1.82, 2.24) is 5.32 Å². The molecule has 2 saturated carbocycles. The molecule has 0 heterocycles. The van der Waals surface area contributed by atoms with Crippen molar-refractivity contribution in [2.24, 2.45) is 5.41 Å². The highest BCUT2D eigenvalue weighted by Gasteiger charge is 2.60. The molecule has 5 nitrogen and oxygen atoms in total. The molecule has 2 rings (SSSR count). The summed E-state index contributed by atoms with van der Waals surface area (Å²) in [5, 5.41) is 2.82. The minimum atomic E-state index is -0.177.